The molecular formula is C18H18N2O. The van der Waals surface area contributed by atoms with E-state index in [-0.39, 0.29) is 6.04 Å². The van der Waals surface area contributed by atoms with Gasteiger partial charge in [-0.15, -0.1) is 0 Å². The van der Waals surface area contributed by atoms with Crippen LogP contribution in [0, 0.1) is 0 Å². The molecule has 3 heteroatoms. The Morgan fingerprint density at radius 2 is 2.05 bits per heavy atom. The molecule has 3 nitrogen and oxygen atoms in total. The molecule has 1 aliphatic heterocycles. The number of nitrogens with one attached hydrogen (secondary N) is 2. The minimum Gasteiger partial charge on any atom is -0.497 e. The summed E-state index contributed by atoms with van der Waals surface area (Å²) in [6, 6.07) is 15.0. The number of H-pyrrole nitrogens is 1. The summed E-state index contributed by atoms with van der Waals surface area (Å²) in [6.07, 6.45) is 3.19. The van der Waals surface area contributed by atoms with Crippen molar-refractivity contribution in [1.82, 2.24) is 10.3 Å². The molecule has 106 valence electrons. The zero-order valence-corrected chi connectivity index (χ0v) is 12.0. The van der Waals surface area contributed by atoms with Crippen LogP contribution in [0.1, 0.15) is 22.7 Å². The van der Waals surface area contributed by atoms with Crippen LogP contribution in [0.3, 0.4) is 0 Å². The van der Waals surface area contributed by atoms with E-state index >= 15 is 0 Å². The van der Waals surface area contributed by atoms with Crippen LogP contribution in [0.2, 0.25) is 0 Å². The number of aromatic nitrogens is 1. The third-order valence-corrected chi connectivity index (χ3v) is 4.30. The Balaban J connectivity index is 1.89. The van der Waals surface area contributed by atoms with E-state index in [1.165, 1.54) is 27.6 Å². The van der Waals surface area contributed by atoms with E-state index < -0.39 is 0 Å². The van der Waals surface area contributed by atoms with E-state index in [2.05, 4.69) is 52.9 Å². The fourth-order valence-corrected chi connectivity index (χ4v) is 3.30. The molecule has 2 aromatic carbocycles. The average Bonchev–Trinajstić information content (AvgIpc) is 2.86. The van der Waals surface area contributed by atoms with Crippen molar-refractivity contribution in [2.45, 2.75) is 12.5 Å². The molecule has 0 saturated heterocycles. The molecule has 0 aliphatic carbocycles. The van der Waals surface area contributed by atoms with Crippen LogP contribution >= 0.6 is 0 Å². The normalized spacial score (nSPS) is 17.7. The first-order chi connectivity index (χ1) is 10.4. The second-order valence-corrected chi connectivity index (χ2v) is 5.50. The minimum atomic E-state index is 0.206. The standard InChI is InChI=1S/C18H18N2O/c1-21-14-6-2-5-13(10-14)18-15-11-20-16-7-3-4-12(17(15)16)8-9-19-18/h2-7,10-11,18-20H,8-9H2,1H3. The predicted octanol–water partition coefficient (Wildman–Crippen LogP) is 3.41. The number of aromatic amines is 1. The highest BCUT2D eigenvalue weighted by Crippen LogP contribution is 2.34. The molecule has 0 spiro atoms. The SMILES string of the molecule is COc1cccc(C2NCCc3cccc4[nH]cc2c34)c1. The third-order valence-electron chi connectivity index (χ3n) is 4.30. The Bertz CT molecular complexity index is 791. The highest BCUT2D eigenvalue weighted by molar-refractivity contribution is 5.88. The van der Waals surface area contributed by atoms with Crippen LogP contribution in [0.4, 0.5) is 0 Å². The summed E-state index contributed by atoms with van der Waals surface area (Å²) in [7, 11) is 1.71. The highest BCUT2D eigenvalue weighted by Gasteiger charge is 2.22. The highest BCUT2D eigenvalue weighted by atomic mass is 16.5. The molecule has 0 radical (unpaired) electrons. The van der Waals surface area contributed by atoms with Crippen molar-refractivity contribution in [2.24, 2.45) is 0 Å². The van der Waals surface area contributed by atoms with Gasteiger partial charge in [0.15, 0.2) is 0 Å². The molecule has 4 rings (SSSR count). The summed E-state index contributed by atoms with van der Waals surface area (Å²) in [4.78, 5) is 3.40. The molecule has 0 amide bonds. The van der Waals surface area contributed by atoms with Gasteiger partial charge in [-0.25, -0.2) is 0 Å². The number of methoxy groups -OCH3 is 1. The number of ether oxygens (including phenoxy) is 1. The summed E-state index contributed by atoms with van der Waals surface area (Å²) in [5, 5.41) is 5.04. The predicted molar refractivity (Wildman–Crippen MR) is 84.8 cm³/mol. The molecule has 21 heavy (non-hydrogen) atoms. The average molecular weight is 278 g/mol. The molecule has 1 aliphatic rings. The maximum absolute atomic E-state index is 5.37. The Morgan fingerprint density at radius 3 is 2.95 bits per heavy atom. The van der Waals surface area contributed by atoms with Crippen LogP contribution in [-0.2, 0) is 6.42 Å². The maximum Gasteiger partial charge on any atom is 0.119 e. The van der Waals surface area contributed by atoms with Crippen LogP contribution in [0.15, 0.2) is 48.7 Å². The van der Waals surface area contributed by atoms with Gasteiger partial charge in [0.05, 0.1) is 13.2 Å². The van der Waals surface area contributed by atoms with Crippen LogP contribution in [0.25, 0.3) is 10.9 Å². The minimum absolute atomic E-state index is 0.206. The first-order valence-electron chi connectivity index (χ1n) is 7.33. The van der Waals surface area contributed by atoms with Crippen molar-refractivity contribution in [1.29, 1.82) is 0 Å². The molecule has 2 heterocycles. The lowest BCUT2D eigenvalue weighted by atomic mass is 9.97. The third kappa shape index (κ3) is 2.01. The molecule has 1 aromatic heterocycles. The molecule has 3 aromatic rings. The van der Waals surface area contributed by atoms with Crippen LogP contribution in [0.5, 0.6) is 5.75 Å². The van der Waals surface area contributed by atoms with E-state index in [1.807, 2.05) is 6.07 Å². The number of hydrogen-bond acceptors (Lipinski definition) is 2. The zero-order valence-electron chi connectivity index (χ0n) is 12.0. The van der Waals surface area contributed by atoms with Crippen molar-refractivity contribution in [3.63, 3.8) is 0 Å². The van der Waals surface area contributed by atoms with Gasteiger partial charge >= 0.3 is 0 Å². The van der Waals surface area contributed by atoms with Gasteiger partial charge in [-0.2, -0.15) is 0 Å². The van der Waals surface area contributed by atoms with Gasteiger partial charge in [-0.1, -0.05) is 24.3 Å². The monoisotopic (exact) mass is 278 g/mol. The van der Waals surface area contributed by atoms with Gasteiger partial charge in [0, 0.05) is 23.6 Å². The van der Waals surface area contributed by atoms with E-state index in [0.717, 1.165) is 18.7 Å². The first kappa shape index (κ1) is 12.5. The van der Waals surface area contributed by atoms with Crippen molar-refractivity contribution >= 4 is 10.9 Å². The van der Waals surface area contributed by atoms with E-state index in [0.29, 0.717) is 0 Å². The summed E-state index contributed by atoms with van der Waals surface area (Å²) < 4.78 is 5.37. The van der Waals surface area contributed by atoms with E-state index in [9.17, 15) is 0 Å². The lowest BCUT2D eigenvalue weighted by Gasteiger charge is -2.17. The summed E-state index contributed by atoms with van der Waals surface area (Å²) >= 11 is 0. The second-order valence-electron chi connectivity index (χ2n) is 5.50. The van der Waals surface area contributed by atoms with Crippen molar-refractivity contribution < 1.29 is 4.74 Å². The first-order valence-corrected chi connectivity index (χ1v) is 7.33. The van der Waals surface area contributed by atoms with Crippen LogP contribution in [-0.4, -0.2) is 18.6 Å². The Hall–Kier alpha value is -2.26. The largest absolute Gasteiger partial charge is 0.497 e. The van der Waals surface area contributed by atoms with E-state index in [4.69, 9.17) is 4.74 Å². The summed E-state index contributed by atoms with van der Waals surface area (Å²) in [5.41, 5.74) is 5.21. The van der Waals surface area contributed by atoms with Crippen molar-refractivity contribution in [3.8, 4) is 5.75 Å². The number of rotatable bonds is 2. The van der Waals surface area contributed by atoms with E-state index in [1.54, 1.807) is 7.11 Å². The van der Waals surface area contributed by atoms with Gasteiger partial charge in [0.25, 0.3) is 0 Å². The Labute approximate surface area is 123 Å². The Kier molecular flexibility index (Phi) is 2.93. The summed E-state index contributed by atoms with van der Waals surface area (Å²) in [6.45, 7) is 0.982. The van der Waals surface area contributed by atoms with Gasteiger partial charge in [0.2, 0.25) is 0 Å². The molecule has 0 bridgehead atoms. The van der Waals surface area contributed by atoms with Crippen molar-refractivity contribution in [2.75, 3.05) is 13.7 Å². The fourth-order valence-electron chi connectivity index (χ4n) is 3.30. The van der Waals surface area contributed by atoms with Gasteiger partial charge in [-0.05, 0) is 41.3 Å². The fraction of sp³-hybridized carbons (Fsp3) is 0.222. The molecule has 1 atom stereocenters. The molecule has 0 fully saturated rings. The zero-order chi connectivity index (χ0) is 14.2. The van der Waals surface area contributed by atoms with Gasteiger partial charge < -0.3 is 15.0 Å². The van der Waals surface area contributed by atoms with Gasteiger partial charge in [-0.3, -0.25) is 0 Å². The summed E-state index contributed by atoms with van der Waals surface area (Å²) in [5.74, 6) is 0.901. The maximum atomic E-state index is 5.37. The van der Waals surface area contributed by atoms with Gasteiger partial charge in [0.1, 0.15) is 5.75 Å². The Morgan fingerprint density at radius 1 is 1.14 bits per heavy atom. The smallest absolute Gasteiger partial charge is 0.119 e. The lowest BCUT2D eigenvalue weighted by Crippen LogP contribution is -2.22. The van der Waals surface area contributed by atoms with Crippen LogP contribution < -0.4 is 10.1 Å². The molecule has 1 unspecified atom stereocenters. The number of hydrogen-bond donors (Lipinski definition) is 2. The number of benzene rings is 2. The lowest BCUT2D eigenvalue weighted by molar-refractivity contribution is 0.413. The topological polar surface area (TPSA) is 37.0 Å². The second kappa shape index (κ2) is 4.93. The molecule has 2 N–H and O–H groups in total. The molecular weight excluding hydrogens is 260 g/mol. The van der Waals surface area contributed by atoms with Crippen molar-refractivity contribution in [3.05, 3.63) is 65.4 Å². The molecule has 0 saturated carbocycles. The quantitative estimate of drug-likeness (QED) is 0.753.